The second kappa shape index (κ2) is 2.95. The Kier molecular flexibility index (Phi) is 1.50. The first kappa shape index (κ1) is 9.16. The molecular weight excluding hydrogens is 216 g/mol. The molecule has 0 aliphatic heterocycles. The van der Waals surface area contributed by atoms with Gasteiger partial charge in [0.1, 0.15) is 0 Å². The maximum absolute atomic E-state index is 2.36. The van der Waals surface area contributed by atoms with Crippen molar-refractivity contribution in [2.24, 2.45) is 0 Å². The van der Waals surface area contributed by atoms with Crippen LogP contribution in [-0.2, 0) is 0 Å². The highest BCUT2D eigenvalue weighted by Gasteiger charge is 2.38. The molecule has 3 aromatic rings. The minimum atomic E-state index is 0.786. The Balaban J connectivity index is 2.13. The van der Waals surface area contributed by atoms with Crippen LogP contribution in [0, 0.1) is 0 Å². The fraction of sp³-hybridized carbons (Fsp3) is 0.222. The lowest BCUT2D eigenvalue weighted by molar-refractivity contribution is 0.348. The van der Waals surface area contributed by atoms with E-state index in [0.29, 0.717) is 0 Å². The summed E-state index contributed by atoms with van der Waals surface area (Å²) in [5, 5.41) is 5.90. The molecule has 18 heavy (non-hydrogen) atoms. The minimum Gasteiger partial charge on any atom is -0.0613 e. The van der Waals surface area contributed by atoms with Gasteiger partial charge in [0, 0.05) is 0 Å². The van der Waals surface area contributed by atoms with E-state index in [2.05, 4.69) is 48.5 Å². The molecule has 3 aromatic carbocycles. The van der Waals surface area contributed by atoms with E-state index < -0.39 is 0 Å². The molecule has 2 aliphatic rings. The van der Waals surface area contributed by atoms with Gasteiger partial charge in [0.15, 0.2) is 0 Å². The number of benzene rings is 3. The first-order chi connectivity index (χ1) is 8.93. The maximum atomic E-state index is 2.36. The third-order valence-corrected chi connectivity index (χ3v) is 5.02. The van der Waals surface area contributed by atoms with Crippen molar-refractivity contribution in [3.63, 3.8) is 0 Å². The summed E-state index contributed by atoms with van der Waals surface area (Å²) in [4.78, 5) is 0. The number of rotatable bonds is 0. The molecule has 0 amide bonds. The van der Waals surface area contributed by atoms with E-state index in [1.54, 1.807) is 11.1 Å². The Bertz CT molecular complexity index is 729. The van der Waals surface area contributed by atoms with E-state index in [9.17, 15) is 0 Å². The molecule has 0 saturated heterocycles. The van der Waals surface area contributed by atoms with Crippen molar-refractivity contribution in [1.82, 2.24) is 0 Å². The lowest BCUT2D eigenvalue weighted by Gasteiger charge is -2.42. The van der Waals surface area contributed by atoms with Gasteiger partial charge in [0.2, 0.25) is 0 Å². The lowest BCUT2D eigenvalue weighted by atomic mass is 9.62. The first-order valence-electron chi connectivity index (χ1n) is 6.88. The molecular formula is C18H14. The molecule has 0 heteroatoms. The fourth-order valence-electron chi connectivity index (χ4n) is 4.07. The monoisotopic (exact) mass is 230 g/mol. The Hall–Kier alpha value is -1.82. The highest BCUT2D eigenvalue weighted by atomic mass is 14.4. The molecule has 0 radical (unpaired) electrons. The number of fused-ring (bicyclic) bond motifs is 3. The number of hydrogen-bond acceptors (Lipinski definition) is 0. The van der Waals surface area contributed by atoms with Crippen LogP contribution in [0.5, 0.6) is 0 Å². The molecule has 1 fully saturated rings. The van der Waals surface area contributed by atoms with Crippen LogP contribution in [0.25, 0.3) is 21.5 Å². The Morgan fingerprint density at radius 2 is 1.11 bits per heavy atom. The third-order valence-electron chi connectivity index (χ3n) is 5.02. The highest BCUT2D eigenvalue weighted by molar-refractivity contribution is 6.12. The normalized spacial score (nSPS) is 24.2. The van der Waals surface area contributed by atoms with Crippen LogP contribution in [0.3, 0.4) is 0 Å². The van der Waals surface area contributed by atoms with Crippen molar-refractivity contribution in [3.05, 3.63) is 59.7 Å². The minimum absolute atomic E-state index is 0.786. The predicted molar refractivity (Wildman–Crippen MR) is 76.2 cm³/mol. The van der Waals surface area contributed by atoms with Crippen molar-refractivity contribution in [3.8, 4) is 0 Å². The average molecular weight is 230 g/mol. The van der Waals surface area contributed by atoms with Crippen molar-refractivity contribution in [1.29, 1.82) is 0 Å². The van der Waals surface area contributed by atoms with Crippen molar-refractivity contribution in [2.45, 2.75) is 24.7 Å². The maximum Gasteiger partial charge on any atom is -0.00674 e. The van der Waals surface area contributed by atoms with Crippen molar-refractivity contribution >= 4 is 21.5 Å². The van der Waals surface area contributed by atoms with Crippen LogP contribution >= 0.6 is 0 Å². The summed E-state index contributed by atoms with van der Waals surface area (Å²) in [6, 6.07) is 18.2. The fourth-order valence-corrected chi connectivity index (χ4v) is 4.07. The standard InChI is InChI=1S/C18H14/c1-3-11-7-8-12-4-2-6-16-14-10-9-13(14)15(5-1)17(11)18(12)16/h1-8,13-14H,9-10H2. The Morgan fingerprint density at radius 3 is 1.56 bits per heavy atom. The summed E-state index contributed by atoms with van der Waals surface area (Å²) in [6.45, 7) is 0. The molecule has 2 unspecified atom stereocenters. The molecule has 0 spiro atoms. The second-order valence-electron chi connectivity index (χ2n) is 5.75. The van der Waals surface area contributed by atoms with Crippen LogP contribution in [0.2, 0.25) is 0 Å². The quantitative estimate of drug-likeness (QED) is 0.478. The average Bonchev–Trinajstić information content (AvgIpc) is 2.37. The van der Waals surface area contributed by atoms with Gasteiger partial charge in [0.25, 0.3) is 0 Å². The molecule has 0 N–H and O–H groups in total. The van der Waals surface area contributed by atoms with Crippen LogP contribution < -0.4 is 0 Å². The van der Waals surface area contributed by atoms with E-state index in [4.69, 9.17) is 0 Å². The van der Waals surface area contributed by atoms with Crippen molar-refractivity contribution in [2.75, 3.05) is 0 Å². The Labute approximate surface area is 106 Å². The largest absolute Gasteiger partial charge is 0.0613 e. The Morgan fingerprint density at radius 1 is 0.611 bits per heavy atom. The van der Waals surface area contributed by atoms with Gasteiger partial charge in [0.05, 0.1) is 0 Å². The van der Waals surface area contributed by atoms with E-state index >= 15 is 0 Å². The molecule has 0 bridgehead atoms. The van der Waals surface area contributed by atoms with Gasteiger partial charge >= 0.3 is 0 Å². The van der Waals surface area contributed by atoms with Gasteiger partial charge < -0.3 is 0 Å². The molecule has 2 atom stereocenters. The summed E-state index contributed by atoms with van der Waals surface area (Å²) >= 11 is 0. The zero-order valence-electron chi connectivity index (χ0n) is 10.2. The SMILES string of the molecule is c1cc2c3c(c1)ccc1cccc(c13)C1CCC21. The molecule has 0 aromatic heterocycles. The van der Waals surface area contributed by atoms with Crippen LogP contribution in [0.4, 0.5) is 0 Å². The van der Waals surface area contributed by atoms with Gasteiger partial charge in [-0.2, -0.15) is 0 Å². The zero-order chi connectivity index (χ0) is 11.7. The smallest absolute Gasteiger partial charge is 0.00674 e. The van der Waals surface area contributed by atoms with Gasteiger partial charge in [-0.1, -0.05) is 48.5 Å². The van der Waals surface area contributed by atoms with Crippen LogP contribution in [-0.4, -0.2) is 0 Å². The second-order valence-corrected chi connectivity index (χ2v) is 5.75. The summed E-state index contributed by atoms with van der Waals surface area (Å²) in [5.74, 6) is 1.57. The highest BCUT2D eigenvalue weighted by Crippen LogP contribution is 2.56. The van der Waals surface area contributed by atoms with E-state index in [1.165, 1.54) is 34.4 Å². The van der Waals surface area contributed by atoms with Crippen LogP contribution in [0.1, 0.15) is 35.8 Å². The lowest BCUT2D eigenvalue weighted by Crippen LogP contribution is -2.24. The number of hydrogen-bond donors (Lipinski definition) is 0. The van der Waals surface area contributed by atoms with Crippen molar-refractivity contribution < 1.29 is 0 Å². The van der Waals surface area contributed by atoms with Gasteiger partial charge in [-0.25, -0.2) is 0 Å². The summed E-state index contributed by atoms with van der Waals surface area (Å²) in [6.07, 6.45) is 2.74. The van der Waals surface area contributed by atoms with E-state index in [1.807, 2.05) is 0 Å². The molecule has 0 heterocycles. The molecule has 86 valence electrons. The summed E-state index contributed by atoms with van der Waals surface area (Å²) < 4.78 is 0. The third kappa shape index (κ3) is 0.905. The first-order valence-corrected chi connectivity index (χ1v) is 6.88. The molecule has 5 rings (SSSR count). The zero-order valence-corrected chi connectivity index (χ0v) is 10.2. The molecule has 2 aliphatic carbocycles. The summed E-state index contributed by atoms with van der Waals surface area (Å²) in [7, 11) is 0. The molecule has 1 saturated carbocycles. The molecule has 0 nitrogen and oxygen atoms in total. The van der Waals surface area contributed by atoms with Gasteiger partial charge in [-0.15, -0.1) is 0 Å². The van der Waals surface area contributed by atoms with Gasteiger partial charge in [-0.05, 0) is 57.3 Å². The predicted octanol–water partition coefficient (Wildman–Crippen LogP) is 4.97. The van der Waals surface area contributed by atoms with E-state index in [0.717, 1.165) is 11.8 Å². The summed E-state index contributed by atoms with van der Waals surface area (Å²) in [5.41, 5.74) is 3.21. The topological polar surface area (TPSA) is 0 Å². The van der Waals surface area contributed by atoms with Gasteiger partial charge in [-0.3, -0.25) is 0 Å². The van der Waals surface area contributed by atoms with E-state index in [-0.39, 0.29) is 0 Å². The van der Waals surface area contributed by atoms with Crippen LogP contribution in [0.15, 0.2) is 48.5 Å².